The molecule has 1 saturated carbocycles. The minimum Gasteiger partial charge on any atom is -0.397 e. The Morgan fingerprint density at radius 3 is 2.95 bits per heavy atom. The van der Waals surface area contributed by atoms with Crippen molar-refractivity contribution in [2.75, 3.05) is 5.73 Å². The van der Waals surface area contributed by atoms with Crippen molar-refractivity contribution in [3.63, 3.8) is 0 Å². The third-order valence-electron chi connectivity index (χ3n) is 4.31. The maximum Gasteiger partial charge on any atom is 0.184 e. The van der Waals surface area contributed by atoms with Gasteiger partial charge in [-0.1, -0.05) is 37.9 Å². The standard InChI is InChI=1S/C15H20ClN5/c1-15(2)8-4-5-10(9-15)21-14(18-19-20-21)11-6-3-7-12(16)13(11)17/h3,6-7,10H,4-5,8-9,17H2,1-2H3. The van der Waals surface area contributed by atoms with Gasteiger partial charge in [-0.3, -0.25) is 0 Å². The van der Waals surface area contributed by atoms with E-state index in [0.29, 0.717) is 28.0 Å². The lowest BCUT2D eigenvalue weighted by Crippen LogP contribution is -2.26. The van der Waals surface area contributed by atoms with Crippen molar-refractivity contribution in [3.05, 3.63) is 23.2 Å². The zero-order valence-corrected chi connectivity index (χ0v) is 13.1. The minimum absolute atomic E-state index is 0.317. The maximum absolute atomic E-state index is 6.11. The Morgan fingerprint density at radius 2 is 2.19 bits per heavy atom. The number of benzene rings is 1. The summed E-state index contributed by atoms with van der Waals surface area (Å²) in [5.74, 6) is 0.706. The lowest BCUT2D eigenvalue weighted by molar-refractivity contribution is 0.174. The number of tetrazole rings is 1. The fraction of sp³-hybridized carbons (Fsp3) is 0.533. The number of para-hydroxylation sites is 1. The summed E-state index contributed by atoms with van der Waals surface area (Å²) < 4.78 is 1.92. The van der Waals surface area contributed by atoms with Crippen LogP contribution in [0.2, 0.25) is 5.02 Å². The number of rotatable bonds is 2. The lowest BCUT2D eigenvalue weighted by Gasteiger charge is -2.35. The van der Waals surface area contributed by atoms with Gasteiger partial charge in [0.2, 0.25) is 0 Å². The van der Waals surface area contributed by atoms with Crippen LogP contribution in [-0.4, -0.2) is 20.2 Å². The fourth-order valence-corrected chi connectivity index (χ4v) is 3.39. The predicted octanol–water partition coefficient (Wildman–Crippen LogP) is 3.72. The zero-order chi connectivity index (χ0) is 15.0. The van der Waals surface area contributed by atoms with Crippen LogP contribution in [0.25, 0.3) is 11.4 Å². The third kappa shape index (κ3) is 2.75. The average Bonchev–Trinajstić information content (AvgIpc) is 2.90. The SMILES string of the molecule is CC1(C)CCCC(n2nnnc2-c2cccc(Cl)c2N)C1. The van der Waals surface area contributed by atoms with Crippen LogP contribution in [0.4, 0.5) is 5.69 Å². The van der Waals surface area contributed by atoms with Gasteiger partial charge in [0.1, 0.15) is 0 Å². The number of nitrogens with two attached hydrogens (primary N) is 1. The highest BCUT2D eigenvalue weighted by atomic mass is 35.5. The van der Waals surface area contributed by atoms with Crippen LogP contribution < -0.4 is 5.73 Å². The Bertz CT molecular complexity index is 649. The van der Waals surface area contributed by atoms with Gasteiger partial charge in [0.05, 0.1) is 16.8 Å². The second-order valence-electron chi connectivity index (χ2n) is 6.56. The first-order chi connectivity index (χ1) is 9.98. The molecule has 1 fully saturated rings. The van der Waals surface area contributed by atoms with Crippen molar-refractivity contribution in [2.24, 2.45) is 5.41 Å². The Hall–Kier alpha value is -1.62. The van der Waals surface area contributed by atoms with Gasteiger partial charge in [-0.25, -0.2) is 4.68 Å². The first-order valence-electron chi connectivity index (χ1n) is 7.30. The van der Waals surface area contributed by atoms with Crippen LogP contribution in [0.1, 0.15) is 45.6 Å². The molecule has 0 bridgehead atoms. The first kappa shape index (κ1) is 14.3. The van der Waals surface area contributed by atoms with Crippen LogP contribution in [0, 0.1) is 5.41 Å². The largest absolute Gasteiger partial charge is 0.397 e. The van der Waals surface area contributed by atoms with Gasteiger partial charge in [-0.15, -0.1) is 5.10 Å². The van der Waals surface area contributed by atoms with Gasteiger partial charge in [-0.2, -0.15) is 0 Å². The molecule has 6 heteroatoms. The van der Waals surface area contributed by atoms with Crippen LogP contribution in [-0.2, 0) is 0 Å². The van der Waals surface area contributed by atoms with E-state index in [-0.39, 0.29) is 0 Å². The number of hydrogen-bond acceptors (Lipinski definition) is 4. The molecule has 1 atom stereocenters. The summed E-state index contributed by atoms with van der Waals surface area (Å²) >= 11 is 6.11. The highest BCUT2D eigenvalue weighted by Crippen LogP contribution is 2.42. The number of halogens is 1. The van der Waals surface area contributed by atoms with E-state index in [9.17, 15) is 0 Å². The van der Waals surface area contributed by atoms with E-state index in [4.69, 9.17) is 17.3 Å². The summed E-state index contributed by atoms with van der Waals surface area (Å²) in [5, 5.41) is 12.8. The van der Waals surface area contributed by atoms with E-state index < -0.39 is 0 Å². The summed E-state index contributed by atoms with van der Waals surface area (Å²) in [6, 6.07) is 5.88. The molecule has 3 rings (SSSR count). The summed E-state index contributed by atoms with van der Waals surface area (Å²) in [6.45, 7) is 4.61. The molecule has 0 amide bonds. The molecule has 0 spiro atoms. The Morgan fingerprint density at radius 1 is 1.38 bits per heavy atom. The maximum atomic E-state index is 6.11. The number of hydrogen-bond donors (Lipinski definition) is 1. The van der Waals surface area contributed by atoms with Gasteiger partial charge in [0.25, 0.3) is 0 Å². The van der Waals surface area contributed by atoms with Crippen molar-refractivity contribution >= 4 is 17.3 Å². The van der Waals surface area contributed by atoms with Gasteiger partial charge in [0, 0.05) is 5.56 Å². The molecule has 5 nitrogen and oxygen atoms in total. The van der Waals surface area contributed by atoms with Crippen LogP contribution in [0.15, 0.2) is 18.2 Å². The third-order valence-corrected chi connectivity index (χ3v) is 4.64. The number of nitrogens with zero attached hydrogens (tertiary/aromatic N) is 4. The molecule has 2 aromatic rings. The van der Waals surface area contributed by atoms with Crippen molar-refractivity contribution < 1.29 is 0 Å². The van der Waals surface area contributed by atoms with E-state index >= 15 is 0 Å². The highest BCUT2D eigenvalue weighted by Gasteiger charge is 2.31. The second kappa shape index (κ2) is 5.30. The number of nitrogen functional groups attached to an aromatic ring is 1. The van der Waals surface area contributed by atoms with Crippen LogP contribution in [0.3, 0.4) is 0 Å². The Balaban J connectivity index is 2.00. The summed E-state index contributed by atoms with van der Waals surface area (Å²) in [7, 11) is 0. The van der Waals surface area contributed by atoms with E-state index in [0.717, 1.165) is 18.4 Å². The van der Waals surface area contributed by atoms with E-state index in [1.807, 2.05) is 16.8 Å². The first-order valence-corrected chi connectivity index (χ1v) is 7.68. The quantitative estimate of drug-likeness (QED) is 0.859. The van der Waals surface area contributed by atoms with Crippen LogP contribution >= 0.6 is 11.6 Å². The molecule has 1 heterocycles. The van der Waals surface area contributed by atoms with Crippen LogP contribution in [0.5, 0.6) is 0 Å². The van der Waals surface area contributed by atoms with Gasteiger partial charge in [0.15, 0.2) is 5.82 Å². The smallest absolute Gasteiger partial charge is 0.184 e. The Labute approximate surface area is 129 Å². The number of anilines is 1. The molecule has 1 aliphatic carbocycles. The van der Waals surface area contributed by atoms with Gasteiger partial charge < -0.3 is 5.73 Å². The molecular weight excluding hydrogens is 286 g/mol. The number of aromatic nitrogens is 4. The molecule has 2 N–H and O–H groups in total. The normalized spacial score (nSPS) is 21.4. The molecule has 0 aliphatic heterocycles. The molecule has 0 radical (unpaired) electrons. The van der Waals surface area contributed by atoms with Gasteiger partial charge in [-0.05, 0) is 47.2 Å². The molecule has 1 unspecified atom stereocenters. The van der Waals surface area contributed by atoms with Crippen molar-refractivity contribution in [3.8, 4) is 11.4 Å². The molecule has 0 saturated heterocycles. The molecule has 1 aliphatic rings. The highest BCUT2D eigenvalue weighted by molar-refractivity contribution is 6.33. The summed E-state index contributed by atoms with van der Waals surface area (Å²) in [4.78, 5) is 0. The lowest BCUT2D eigenvalue weighted by atomic mass is 9.75. The van der Waals surface area contributed by atoms with E-state index in [2.05, 4.69) is 29.4 Å². The molecule has 112 valence electrons. The van der Waals surface area contributed by atoms with Crippen molar-refractivity contribution in [1.29, 1.82) is 0 Å². The van der Waals surface area contributed by atoms with Crippen molar-refractivity contribution in [1.82, 2.24) is 20.2 Å². The Kier molecular flexibility index (Phi) is 3.61. The average molecular weight is 306 g/mol. The summed E-state index contributed by atoms with van der Waals surface area (Å²) in [5.41, 5.74) is 7.74. The summed E-state index contributed by atoms with van der Waals surface area (Å²) in [6.07, 6.45) is 4.62. The van der Waals surface area contributed by atoms with Crippen molar-refractivity contribution in [2.45, 2.75) is 45.6 Å². The second-order valence-corrected chi connectivity index (χ2v) is 6.97. The molecule has 1 aromatic heterocycles. The van der Waals surface area contributed by atoms with E-state index in [1.54, 1.807) is 6.07 Å². The molecule has 21 heavy (non-hydrogen) atoms. The van der Waals surface area contributed by atoms with E-state index in [1.165, 1.54) is 12.8 Å². The molecule has 1 aromatic carbocycles. The van der Waals surface area contributed by atoms with Gasteiger partial charge >= 0.3 is 0 Å². The molecular formula is C15H20ClN5. The topological polar surface area (TPSA) is 69.6 Å². The fourth-order valence-electron chi connectivity index (χ4n) is 3.22. The zero-order valence-electron chi connectivity index (χ0n) is 12.4. The monoisotopic (exact) mass is 305 g/mol. The predicted molar refractivity (Wildman–Crippen MR) is 84.0 cm³/mol. The minimum atomic E-state index is 0.317.